The number of hydrogen-bond donors (Lipinski definition) is 2. The summed E-state index contributed by atoms with van der Waals surface area (Å²) in [5.41, 5.74) is 7.05. The Morgan fingerprint density at radius 1 is 0.927 bits per heavy atom. The van der Waals surface area contributed by atoms with Crippen molar-refractivity contribution in [3.63, 3.8) is 0 Å². The molecule has 214 valence electrons. The molecule has 8 heteroatoms. The topological polar surface area (TPSA) is 77.0 Å². The third kappa shape index (κ3) is 8.12. The fourth-order valence-corrected chi connectivity index (χ4v) is 6.09. The number of nitrogens with zero attached hydrogens (tertiary/aromatic N) is 3. The van der Waals surface area contributed by atoms with Crippen molar-refractivity contribution in [3.8, 4) is 0 Å². The molecule has 0 saturated carbocycles. The van der Waals surface area contributed by atoms with Gasteiger partial charge in [-0.05, 0) is 100 Å². The third-order valence-electron chi connectivity index (χ3n) is 7.98. The molecule has 2 amide bonds. The number of carbonyl (C=O) groups is 2. The van der Waals surface area contributed by atoms with Crippen LogP contribution in [0.1, 0.15) is 69.5 Å². The number of halogens is 1. The lowest BCUT2D eigenvalue weighted by molar-refractivity contribution is 0.0896. The first-order valence-electron chi connectivity index (χ1n) is 14.5. The highest BCUT2D eigenvalue weighted by atomic mass is 79.9. The summed E-state index contributed by atoms with van der Waals surface area (Å²) in [6.45, 7) is 7.67. The number of nitrogens with one attached hydrogen (secondary N) is 2. The van der Waals surface area contributed by atoms with Crippen LogP contribution < -0.4 is 10.7 Å². The number of hydrogen-bond acceptors (Lipinski definition) is 5. The third-order valence-corrected chi connectivity index (χ3v) is 8.48. The second-order valence-electron chi connectivity index (χ2n) is 11.1. The number of aryl methyl sites for hydroxylation is 1. The lowest BCUT2D eigenvalue weighted by atomic mass is 9.99. The van der Waals surface area contributed by atoms with Gasteiger partial charge < -0.3 is 10.2 Å². The van der Waals surface area contributed by atoms with Crippen molar-refractivity contribution >= 4 is 39.6 Å². The molecular formula is C33H38BrN5O2. The molecule has 2 saturated heterocycles. The second kappa shape index (κ2) is 14.0. The number of anilines is 1. The second-order valence-corrected chi connectivity index (χ2v) is 12.0. The van der Waals surface area contributed by atoms with Crippen molar-refractivity contribution in [3.05, 3.63) is 99.0 Å². The monoisotopic (exact) mass is 615 g/mol. The molecule has 0 spiro atoms. The van der Waals surface area contributed by atoms with Gasteiger partial charge in [0.2, 0.25) is 0 Å². The smallest absolute Gasteiger partial charge is 0.273 e. The molecule has 3 aromatic carbocycles. The molecule has 7 nitrogen and oxygen atoms in total. The van der Waals surface area contributed by atoms with E-state index in [0.29, 0.717) is 16.8 Å². The molecule has 2 fully saturated rings. The maximum Gasteiger partial charge on any atom is 0.273 e. The van der Waals surface area contributed by atoms with Crippen molar-refractivity contribution in [1.82, 2.24) is 15.2 Å². The average Bonchev–Trinajstić information content (AvgIpc) is 2.99. The molecule has 2 aliphatic rings. The first kappa shape index (κ1) is 29.2. The normalized spacial score (nSPS) is 17.0. The fraction of sp³-hybridized carbons (Fsp3) is 0.364. The molecule has 0 radical (unpaired) electrons. The maximum atomic E-state index is 13.1. The minimum atomic E-state index is -0.412. The average molecular weight is 617 g/mol. The predicted molar refractivity (Wildman–Crippen MR) is 168 cm³/mol. The lowest BCUT2D eigenvalue weighted by Crippen LogP contribution is -2.46. The van der Waals surface area contributed by atoms with Gasteiger partial charge in [-0.25, -0.2) is 5.43 Å². The first-order chi connectivity index (χ1) is 19.9. The van der Waals surface area contributed by atoms with E-state index in [2.05, 4.69) is 41.6 Å². The largest absolute Gasteiger partial charge is 0.321 e. The zero-order chi connectivity index (χ0) is 28.6. The van der Waals surface area contributed by atoms with Crippen LogP contribution in [0.3, 0.4) is 0 Å². The molecule has 3 aromatic rings. The molecular weight excluding hydrogens is 578 g/mol. The number of likely N-dealkylation sites (tertiary alicyclic amines) is 2. The van der Waals surface area contributed by atoms with Crippen molar-refractivity contribution in [2.24, 2.45) is 5.10 Å². The number of rotatable bonds is 8. The van der Waals surface area contributed by atoms with E-state index in [1.807, 2.05) is 55.5 Å². The summed E-state index contributed by atoms with van der Waals surface area (Å²) in [5.74, 6) is -0.677. The fourth-order valence-electron chi connectivity index (χ4n) is 5.73. The quantitative estimate of drug-likeness (QED) is 0.233. The van der Waals surface area contributed by atoms with Crippen molar-refractivity contribution < 1.29 is 9.59 Å². The molecule has 0 atom stereocenters. The SMILES string of the molecule is Cc1cccc(C=NNC(=O)c2cc(Br)ccc2NC(=O)c2ccc(CN3CCC(N4CCCCC4)CC3)cc2)c1. The Labute approximate surface area is 251 Å². The summed E-state index contributed by atoms with van der Waals surface area (Å²) in [6, 6.07) is 21.5. The Morgan fingerprint density at radius 3 is 2.41 bits per heavy atom. The van der Waals surface area contributed by atoms with Crippen LogP contribution in [0.2, 0.25) is 0 Å². The van der Waals surface area contributed by atoms with Crippen molar-refractivity contribution in [1.29, 1.82) is 0 Å². The van der Waals surface area contributed by atoms with Crippen LogP contribution in [0.4, 0.5) is 5.69 Å². The van der Waals surface area contributed by atoms with Gasteiger partial charge in [-0.3, -0.25) is 14.5 Å². The Hall–Kier alpha value is -3.33. The van der Waals surface area contributed by atoms with Gasteiger partial charge in [-0.2, -0.15) is 5.10 Å². The Kier molecular flexibility index (Phi) is 9.98. The summed E-state index contributed by atoms with van der Waals surface area (Å²) in [5, 5.41) is 6.99. The van der Waals surface area contributed by atoms with E-state index in [1.54, 1.807) is 24.4 Å². The number of piperidine rings is 2. The molecule has 41 heavy (non-hydrogen) atoms. The van der Waals surface area contributed by atoms with Crippen LogP contribution in [0.5, 0.6) is 0 Å². The minimum Gasteiger partial charge on any atom is -0.321 e. The molecule has 0 unspecified atom stereocenters. The van der Waals surface area contributed by atoms with E-state index in [4.69, 9.17) is 0 Å². The summed E-state index contributed by atoms with van der Waals surface area (Å²) in [7, 11) is 0. The summed E-state index contributed by atoms with van der Waals surface area (Å²) in [4.78, 5) is 31.2. The molecule has 0 bridgehead atoms. The maximum absolute atomic E-state index is 13.1. The molecule has 2 aliphatic heterocycles. The highest BCUT2D eigenvalue weighted by Gasteiger charge is 2.25. The zero-order valence-electron chi connectivity index (χ0n) is 23.6. The van der Waals surface area contributed by atoms with Gasteiger partial charge in [0.05, 0.1) is 17.5 Å². The molecule has 5 rings (SSSR count). The summed E-state index contributed by atoms with van der Waals surface area (Å²) < 4.78 is 0.729. The number of hydrazone groups is 1. The minimum absolute atomic E-state index is 0.265. The van der Waals surface area contributed by atoms with E-state index >= 15 is 0 Å². The van der Waals surface area contributed by atoms with Gasteiger partial charge >= 0.3 is 0 Å². The van der Waals surface area contributed by atoms with E-state index in [9.17, 15) is 9.59 Å². The number of carbonyl (C=O) groups excluding carboxylic acids is 2. The number of amides is 2. The van der Waals surface area contributed by atoms with Gasteiger partial charge in [0.25, 0.3) is 11.8 Å². The Morgan fingerprint density at radius 2 is 1.68 bits per heavy atom. The van der Waals surface area contributed by atoms with E-state index in [-0.39, 0.29) is 5.91 Å². The van der Waals surface area contributed by atoms with Crippen LogP contribution >= 0.6 is 15.9 Å². The van der Waals surface area contributed by atoms with Gasteiger partial charge in [0, 0.05) is 22.6 Å². The van der Waals surface area contributed by atoms with Gasteiger partial charge in [-0.1, -0.05) is 64.3 Å². The molecule has 0 aromatic heterocycles. The highest BCUT2D eigenvalue weighted by Crippen LogP contribution is 2.24. The Balaban J connectivity index is 1.16. The van der Waals surface area contributed by atoms with Crippen LogP contribution in [0.15, 0.2) is 76.3 Å². The Bertz CT molecular complexity index is 1380. The molecule has 0 aliphatic carbocycles. The summed E-state index contributed by atoms with van der Waals surface area (Å²) >= 11 is 3.42. The van der Waals surface area contributed by atoms with Crippen LogP contribution in [0, 0.1) is 6.92 Å². The predicted octanol–water partition coefficient (Wildman–Crippen LogP) is 6.22. The molecule has 2 N–H and O–H groups in total. The van der Waals surface area contributed by atoms with E-state index < -0.39 is 5.91 Å². The lowest BCUT2D eigenvalue weighted by Gasteiger charge is -2.40. The van der Waals surface area contributed by atoms with Crippen LogP contribution in [-0.4, -0.2) is 60.0 Å². The van der Waals surface area contributed by atoms with Gasteiger partial charge in [0.1, 0.15) is 0 Å². The van der Waals surface area contributed by atoms with E-state index in [0.717, 1.165) is 41.3 Å². The van der Waals surface area contributed by atoms with Crippen molar-refractivity contribution in [2.75, 3.05) is 31.5 Å². The van der Waals surface area contributed by atoms with Crippen LogP contribution in [-0.2, 0) is 6.54 Å². The summed E-state index contributed by atoms with van der Waals surface area (Å²) in [6.07, 6.45) is 8.15. The zero-order valence-corrected chi connectivity index (χ0v) is 25.2. The van der Waals surface area contributed by atoms with Gasteiger partial charge in [-0.15, -0.1) is 0 Å². The molecule has 2 heterocycles. The van der Waals surface area contributed by atoms with Gasteiger partial charge in [0.15, 0.2) is 0 Å². The first-order valence-corrected chi connectivity index (χ1v) is 15.3. The highest BCUT2D eigenvalue weighted by molar-refractivity contribution is 9.10. The standard InChI is InChI=1S/C33H38BrN5O2/c1-24-6-5-7-26(20-24)22-35-37-33(41)30-21-28(34)12-13-31(30)36-32(40)27-10-8-25(9-11-27)23-38-18-14-29(15-19-38)39-16-3-2-4-17-39/h5-13,20-22,29H,2-4,14-19,23H2,1H3,(H,36,40)(H,37,41). The van der Waals surface area contributed by atoms with Crippen LogP contribution in [0.25, 0.3) is 0 Å². The van der Waals surface area contributed by atoms with Crippen molar-refractivity contribution in [2.45, 2.75) is 51.6 Å². The van der Waals surface area contributed by atoms with E-state index in [1.165, 1.54) is 50.8 Å². The number of benzene rings is 3.